The van der Waals surface area contributed by atoms with Crippen molar-refractivity contribution in [2.75, 3.05) is 25.1 Å². The van der Waals surface area contributed by atoms with Gasteiger partial charge in [0.15, 0.2) is 6.10 Å². The Balaban J connectivity index is 2.37. The molecule has 1 aromatic rings. The van der Waals surface area contributed by atoms with Crippen molar-refractivity contribution >= 4 is 23.7 Å². The molecule has 126 valence electrons. The van der Waals surface area contributed by atoms with E-state index in [1.54, 1.807) is 6.92 Å². The van der Waals surface area contributed by atoms with Gasteiger partial charge in [-0.3, -0.25) is 4.79 Å². The van der Waals surface area contributed by atoms with Crippen molar-refractivity contribution in [2.24, 2.45) is 0 Å². The predicted molar refractivity (Wildman–Crippen MR) is 84.2 cm³/mol. The molecule has 0 saturated heterocycles. The van der Waals surface area contributed by atoms with Crippen LogP contribution in [0.5, 0.6) is 5.75 Å². The van der Waals surface area contributed by atoms with E-state index in [1.165, 1.54) is 24.1 Å². The summed E-state index contributed by atoms with van der Waals surface area (Å²) in [4.78, 5) is 36.1. The summed E-state index contributed by atoms with van der Waals surface area (Å²) in [6.07, 6.45) is 3.96. The molecule has 1 heterocycles. The topological polar surface area (TPSA) is 105 Å². The van der Waals surface area contributed by atoms with E-state index in [2.05, 4.69) is 16.0 Å². The molecule has 0 spiro atoms. The minimum Gasteiger partial charge on any atom is -0.479 e. The van der Waals surface area contributed by atoms with Gasteiger partial charge in [0, 0.05) is 18.7 Å². The second-order valence-corrected chi connectivity index (χ2v) is 4.98. The quantitative estimate of drug-likeness (QED) is 0.792. The van der Waals surface area contributed by atoms with E-state index in [-0.39, 0.29) is 30.1 Å². The fourth-order valence-corrected chi connectivity index (χ4v) is 2.32. The lowest BCUT2D eigenvalue weighted by Gasteiger charge is -2.33. The summed E-state index contributed by atoms with van der Waals surface area (Å²) < 4.78 is 9.97. The summed E-state index contributed by atoms with van der Waals surface area (Å²) in [5.74, 6) is 1.06. The number of carbonyl (C=O) groups is 3. The summed E-state index contributed by atoms with van der Waals surface area (Å²) in [5.41, 5.74) is 0.352. The average molecular weight is 332 g/mol. The van der Waals surface area contributed by atoms with Gasteiger partial charge in [-0.05, 0) is 19.1 Å². The van der Waals surface area contributed by atoms with Crippen LogP contribution in [0.3, 0.4) is 0 Å². The number of benzene rings is 1. The lowest BCUT2D eigenvalue weighted by molar-refractivity contribution is -0.125. The third-order valence-electron chi connectivity index (χ3n) is 3.48. The first kappa shape index (κ1) is 17.1. The lowest BCUT2D eigenvalue weighted by atomic mass is 10.0. The van der Waals surface area contributed by atoms with Gasteiger partial charge in [0.1, 0.15) is 5.75 Å². The molecule has 24 heavy (non-hydrogen) atoms. The van der Waals surface area contributed by atoms with E-state index < -0.39 is 18.2 Å². The van der Waals surface area contributed by atoms with Crippen LogP contribution in [0.2, 0.25) is 0 Å². The predicted octanol–water partition coefficient (Wildman–Crippen LogP) is 0.836. The Labute approximate surface area is 138 Å². The van der Waals surface area contributed by atoms with Gasteiger partial charge in [0.2, 0.25) is 0 Å². The van der Waals surface area contributed by atoms with Crippen LogP contribution in [-0.4, -0.2) is 49.4 Å². The van der Waals surface area contributed by atoms with E-state index in [0.29, 0.717) is 11.4 Å². The zero-order valence-corrected chi connectivity index (χ0v) is 13.2. The molecular formula is C16H16N2O6. The normalized spacial score (nSPS) is 15.8. The van der Waals surface area contributed by atoms with Gasteiger partial charge >= 0.3 is 12.1 Å². The fourth-order valence-electron chi connectivity index (χ4n) is 2.32. The molecule has 1 aliphatic heterocycles. The van der Waals surface area contributed by atoms with Crippen molar-refractivity contribution in [1.29, 1.82) is 0 Å². The molecule has 2 amide bonds. The molecule has 0 aliphatic carbocycles. The molecule has 1 aromatic carbocycles. The van der Waals surface area contributed by atoms with E-state index in [0.717, 1.165) is 0 Å². The van der Waals surface area contributed by atoms with E-state index in [9.17, 15) is 19.5 Å². The highest BCUT2D eigenvalue weighted by atomic mass is 16.5. The number of ether oxygens (including phenoxy) is 2. The molecule has 2 N–H and O–H groups in total. The molecule has 0 fully saturated rings. The molecule has 0 aromatic heterocycles. The van der Waals surface area contributed by atoms with Crippen molar-refractivity contribution in [3.63, 3.8) is 0 Å². The smallest absolute Gasteiger partial charge is 0.406 e. The molecule has 0 unspecified atom stereocenters. The highest BCUT2D eigenvalue weighted by molar-refractivity contribution is 6.02. The number of aromatic carboxylic acids is 1. The zero-order chi connectivity index (χ0) is 17.9. The minimum absolute atomic E-state index is 0.104. The Morgan fingerprint density at radius 3 is 2.79 bits per heavy atom. The summed E-state index contributed by atoms with van der Waals surface area (Å²) in [7, 11) is 1.23. The van der Waals surface area contributed by atoms with Crippen LogP contribution < -0.4 is 15.0 Å². The Bertz CT molecular complexity index is 737. The summed E-state index contributed by atoms with van der Waals surface area (Å²) in [6, 6.07) is 2.72. The van der Waals surface area contributed by atoms with Crippen molar-refractivity contribution < 1.29 is 29.0 Å². The first-order chi connectivity index (χ1) is 11.4. The second kappa shape index (κ2) is 6.91. The van der Waals surface area contributed by atoms with Crippen LogP contribution in [0.4, 0.5) is 10.5 Å². The Morgan fingerprint density at radius 1 is 1.50 bits per heavy atom. The largest absolute Gasteiger partial charge is 0.479 e. The number of alkyl carbamates (subject to hydrolysis) is 1. The van der Waals surface area contributed by atoms with Crippen LogP contribution in [-0.2, 0) is 9.53 Å². The van der Waals surface area contributed by atoms with Crippen molar-refractivity contribution in [1.82, 2.24) is 5.32 Å². The van der Waals surface area contributed by atoms with Crippen molar-refractivity contribution in [3.8, 4) is 18.1 Å². The average Bonchev–Trinajstić information content (AvgIpc) is 2.56. The van der Waals surface area contributed by atoms with Gasteiger partial charge < -0.3 is 24.8 Å². The maximum absolute atomic E-state index is 12.3. The van der Waals surface area contributed by atoms with Gasteiger partial charge in [-0.25, -0.2) is 9.59 Å². The van der Waals surface area contributed by atoms with Gasteiger partial charge in [-0.15, -0.1) is 6.42 Å². The number of carboxylic acid groups (broad SMARTS) is 1. The standard InChI is InChI=1S/C16H16N2O6/c1-4-10-7-13-12(8-11(10)15(20)21)18(14(19)9(2)24-13)6-5-17-16(22)23-3/h1,7-9H,5-6H2,2-3H3,(H,17,22)(H,20,21)/t9-/m1/s1. The van der Waals surface area contributed by atoms with E-state index in [4.69, 9.17) is 11.2 Å². The van der Waals surface area contributed by atoms with Gasteiger partial charge in [0.05, 0.1) is 18.4 Å². The van der Waals surface area contributed by atoms with Crippen molar-refractivity contribution in [3.05, 3.63) is 23.3 Å². The molecule has 2 rings (SSSR count). The van der Waals surface area contributed by atoms with Gasteiger partial charge in [0.25, 0.3) is 5.91 Å². The molecule has 8 nitrogen and oxygen atoms in total. The number of carbonyl (C=O) groups excluding carboxylic acids is 2. The monoisotopic (exact) mass is 332 g/mol. The number of fused-ring (bicyclic) bond motifs is 1. The molecule has 8 heteroatoms. The van der Waals surface area contributed by atoms with Crippen molar-refractivity contribution in [2.45, 2.75) is 13.0 Å². The summed E-state index contributed by atoms with van der Waals surface area (Å²) >= 11 is 0. The number of terminal acetylenes is 1. The maximum Gasteiger partial charge on any atom is 0.406 e. The molecule has 0 radical (unpaired) electrons. The molecule has 1 atom stereocenters. The van der Waals surface area contributed by atoms with Crippen LogP contribution in [0.1, 0.15) is 22.8 Å². The third-order valence-corrected chi connectivity index (χ3v) is 3.48. The SMILES string of the molecule is C#Cc1cc2c(cc1C(=O)O)N(CCNC(=O)OC)C(=O)[C@@H](C)O2. The number of anilines is 1. The molecule has 0 bridgehead atoms. The number of amides is 2. The molecular weight excluding hydrogens is 316 g/mol. The van der Waals surface area contributed by atoms with Gasteiger partial charge in [-0.1, -0.05) is 5.92 Å². The number of nitrogens with one attached hydrogen (secondary N) is 1. The molecule has 0 saturated carbocycles. The Kier molecular flexibility index (Phi) is 4.94. The second-order valence-electron chi connectivity index (χ2n) is 4.98. The number of rotatable bonds is 4. The Hall–Kier alpha value is -3.21. The fraction of sp³-hybridized carbons (Fsp3) is 0.312. The number of methoxy groups -OCH3 is 1. The molecule has 1 aliphatic rings. The first-order valence-electron chi connectivity index (χ1n) is 7.06. The van der Waals surface area contributed by atoms with Crippen LogP contribution in [0.15, 0.2) is 12.1 Å². The lowest BCUT2D eigenvalue weighted by Crippen LogP contribution is -2.47. The third kappa shape index (κ3) is 3.25. The number of nitrogens with zero attached hydrogens (tertiary/aromatic N) is 1. The number of hydrogen-bond acceptors (Lipinski definition) is 5. The van der Waals surface area contributed by atoms with Gasteiger partial charge in [-0.2, -0.15) is 0 Å². The van der Waals surface area contributed by atoms with E-state index in [1.807, 2.05) is 0 Å². The minimum atomic E-state index is -1.20. The number of carboxylic acids is 1. The summed E-state index contributed by atoms with van der Waals surface area (Å²) in [6.45, 7) is 1.83. The number of hydrogen-bond donors (Lipinski definition) is 2. The van der Waals surface area contributed by atoms with E-state index >= 15 is 0 Å². The van der Waals surface area contributed by atoms with Crippen LogP contribution >= 0.6 is 0 Å². The highest BCUT2D eigenvalue weighted by Gasteiger charge is 2.32. The Morgan fingerprint density at radius 2 is 2.21 bits per heavy atom. The van der Waals surface area contributed by atoms with Crippen LogP contribution in [0, 0.1) is 12.3 Å². The first-order valence-corrected chi connectivity index (χ1v) is 7.06. The maximum atomic E-state index is 12.3. The zero-order valence-electron chi connectivity index (χ0n) is 13.2. The highest BCUT2D eigenvalue weighted by Crippen LogP contribution is 2.36. The summed E-state index contributed by atoms with van der Waals surface area (Å²) in [5, 5.41) is 11.7. The van der Waals surface area contributed by atoms with Crippen LogP contribution in [0.25, 0.3) is 0 Å².